The van der Waals surface area contributed by atoms with Gasteiger partial charge in [-0.15, -0.1) is 11.3 Å². The van der Waals surface area contributed by atoms with Crippen LogP contribution in [0.5, 0.6) is 5.75 Å². The Morgan fingerprint density at radius 2 is 1.70 bits per heavy atom. The minimum absolute atomic E-state index is 0.0692. The minimum Gasteiger partial charge on any atom is -0.491 e. The molecule has 3 heterocycles. The van der Waals surface area contributed by atoms with Crippen LogP contribution in [-0.4, -0.2) is 35.9 Å². The monoisotopic (exact) mass is 382 g/mol. The highest BCUT2D eigenvalue weighted by atomic mass is 32.1. The molecule has 0 bridgehead atoms. The molecular weight excluding hydrogens is 360 g/mol. The Bertz CT molecular complexity index is 879. The molecule has 2 amide bonds. The van der Waals surface area contributed by atoms with Gasteiger partial charge in [0.15, 0.2) is 0 Å². The molecule has 0 saturated carbocycles. The first-order valence-corrected chi connectivity index (χ1v) is 10.1. The molecule has 0 atom stereocenters. The quantitative estimate of drug-likeness (QED) is 0.736. The number of hydrogen-bond donors (Lipinski definition) is 0. The van der Waals surface area contributed by atoms with Crippen molar-refractivity contribution in [1.82, 2.24) is 4.90 Å². The van der Waals surface area contributed by atoms with Crippen molar-refractivity contribution >= 4 is 34.4 Å². The van der Waals surface area contributed by atoms with Gasteiger partial charge in [0.2, 0.25) is 0 Å². The van der Waals surface area contributed by atoms with E-state index in [1.807, 2.05) is 31.4 Å². The molecule has 0 N–H and O–H groups in total. The number of carbonyl (C=O) groups is 2. The smallest absolute Gasteiger partial charge is 0.282 e. The van der Waals surface area contributed by atoms with E-state index in [0.717, 1.165) is 36.6 Å². The topological polar surface area (TPSA) is 49.9 Å². The first-order chi connectivity index (χ1) is 13.1. The van der Waals surface area contributed by atoms with Crippen molar-refractivity contribution in [2.45, 2.75) is 32.8 Å². The Labute approximate surface area is 162 Å². The standard InChI is InChI=1S/C21H22N2O3S/c1-14(2)26-16-9-7-15(8-10-16)23-20(24)18(17-6-5-13-27-17)19(21(23)25)22-11-3-4-12-22/h5-10,13-14H,3-4,11-12H2,1-2H3. The van der Waals surface area contributed by atoms with Crippen LogP contribution < -0.4 is 9.64 Å². The lowest BCUT2D eigenvalue weighted by molar-refractivity contribution is -0.120. The SMILES string of the molecule is CC(C)Oc1ccc(N2C(=O)C(c3cccs3)=C(N3CCCC3)C2=O)cc1. The van der Waals surface area contributed by atoms with Crippen molar-refractivity contribution in [3.63, 3.8) is 0 Å². The van der Waals surface area contributed by atoms with E-state index in [1.165, 1.54) is 16.2 Å². The molecule has 140 valence electrons. The van der Waals surface area contributed by atoms with Crippen molar-refractivity contribution in [2.24, 2.45) is 0 Å². The van der Waals surface area contributed by atoms with Crippen LogP contribution in [0, 0.1) is 0 Å². The van der Waals surface area contributed by atoms with Gasteiger partial charge in [0, 0.05) is 18.0 Å². The molecule has 27 heavy (non-hydrogen) atoms. The number of imide groups is 1. The van der Waals surface area contributed by atoms with E-state index in [4.69, 9.17) is 4.74 Å². The van der Waals surface area contributed by atoms with E-state index in [1.54, 1.807) is 24.3 Å². The molecule has 1 fully saturated rings. The largest absolute Gasteiger partial charge is 0.491 e. The van der Waals surface area contributed by atoms with E-state index in [9.17, 15) is 9.59 Å². The fourth-order valence-corrected chi connectivity index (χ4v) is 4.34. The molecule has 0 aliphatic carbocycles. The van der Waals surface area contributed by atoms with Crippen molar-refractivity contribution < 1.29 is 14.3 Å². The molecule has 2 aromatic rings. The molecule has 2 aliphatic rings. The number of rotatable bonds is 5. The van der Waals surface area contributed by atoms with E-state index in [0.29, 0.717) is 17.0 Å². The number of thiophene rings is 1. The van der Waals surface area contributed by atoms with Crippen LogP contribution in [-0.2, 0) is 9.59 Å². The molecule has 6 heteroatoms. The summed E-state index contributed by atoms with van der Waals surface area (Å²) in [4.78, 5) is 30.7. The lowest BCUT2D eigenvalue weighted by atomic mass is 10.2. The molecular formula is C21H22N2O3S. The summed E-state index contributed by atoms with van der Waals surface area (Å²) in [5, 5.41) is 1.93. The van der Waals surface area contributed by atoms with Gasteiger partial charge in [-0.2, -0.15) is 0 Å². The number of anilines is 1. The summed E-state index contributed by atoms with van der Waals surface area (Å²) in [5.74, 6) is 0.240. The van der Waals surface area contributed by atoms with Crippen LogP contribution in [0.25, 0.3) is 5.57 Å². The predicted molar refractivity (Wildman–Crippen MR) is 107 cm³/mol. The van der Waals surface area contributed by atoms with Crippen molar-refractivity contribution in [1.29, 1.82) is 0 Å². The summed E-state index contributed by atoms with van der Waals surface area (Å²) >= 11 is 1.49. The number of nitrogens with zero attached hydrogens (tertiary/aromatic N) is 2. The van der Waals surface area contributed by atoms with Gasteiger partial charge in [-0.05, 0) is 62.4 Å². The Balaban J connectivity index is 1.70. The number of ether oxygens (including phenoxy) is 1. The van der Waals surface area contributed by atoms with Crippen LogP contribution in [0.2, 0.25) is 0 Å². The highest BCUT2D eigenvalue weighted by Crippen LogP contribution is 2.37. The third-order valence-corrected chi connectivity index (χ3v) is 5.60. The van der Waals surface area contributed by atoms with Crippen LogP contribution in [0.15, 0.2) is 47.5 Å². The highest BCUT2D eigenvalue weighted by molar-refractivity contribution is 7.11. The summed E-state index contributed by atoms with van der Waals surface area (Å²) in [5.41, 5.74) is 1.64. The summed E-state index contributed by atoms with van der Waals surface area (Å²) in [6, 6.07) is 11.0. The summed E-state index contributed by atoms with van der Waals surface area (Å²) in [7, 11) is 0. The number of carbonyl (C=O) groups excluding carboxylic acids is 2. The van der Waals surface area contributed by atoms with Gasteiger partial charge in [0.1, 0.15) is 11.4 Å². The highest BCUT2D eigenvalue weighted by Gasteiger charge is 2.43. The van der Waals surface area contributed by atoms with Crippen molar-refractivity contribution in [3.8, 4) is 5.75 Å². The van der Waals surface area contributed by atoms with Crippen molar-refractivity contribution in [2.75, 3.05) is 18.0 Å². The van der Waals surface area contributed by atoms with Crippen LogP contribution in [0.4, 0.5) is 5.69 Å². The molecule has 5 nitrogen and oxygen atoms in total. The summed E-state index contributed by atoms with van der Waals surface area (Å²) < 4.78 is 5.66. The van der Waals surface area contributed by atoms with Crippen LogP contribution in [0.1, 0.15) is 31.6 Å². The van der Waals surface area contributed by atoms with E-state index >= 15 is 0 Å². The molecule has 0 unspecified atom stereocenters. The molecule has 4 rings (SSSR count). The zero-order valence-electron chi connectivity index (χ0n) is 15.5. The van der Waals surface area contributed by atoms with Crippen molar-refractivity contribution in [3.05, 3.63) is 52.4 Å². The van der Waals surface area contributed by atoms with Gasteiger partial charge < -0.3 is 9.64 Å². The van der Waals surface area contributed by atoms with E-state index < -0.39 is 0 Å². The minimum atomic E-state index is -0.248. The second-order valence-corrected chi connectivity index (χ2v) is 7.95. The first kappa shape index (κ1) is 17.8. The fraction of sp³-hybridized carbons (Fsp3) is 0.333. The maximum atomic E-state index is 13.3. The third-order valence-electron chi connectivity index (χ3n) is 4.72. The second-order valence-electron chi connectivity index (χ2n) is 7.00. The fourth-order valence-electron chi connectivity index (χ4n) is 3.58. The molecule has 1 saturated heterocycles. The Kier molecular flexibility index (Phi) is 4.74. The van der Waals surface area contributed by atoms with Gasteiger partial charge in [-0.25, -0.2) is 4.90 Å². The number of benzene rings is 1. The zero-order valence-corrected chi connectivity index (χ0v) is 16.3. The van der Waals surface area contributed by atoms with E-state index in [2.05, 4.69) is 4.90 Å². The maximum absolute atomic E-state index is 13.3. The zero-order chi connectivity index (χ0) is 19.0. The van der Waals surface area contributed by atoms with Gasteiger partial charge in [-0.1, -0.05) is 6.07 Å². The Morgan fingerprint density at radius 1 is 1.00 bits per heavy atom. The number of likely N-dealkylation sites (tertiary alicyclic amines) is 1. The van der Waals surface area contributed by atoms with Gasteiger partial charge >= 0.3 is 0 Å². The molecule has 2 aliphatic heterocycles. The lowest BCUT2D eigenvalue weighted by Crippen LogP contribution is -2.34. The van der Waals surface area contributed by atoms with E-state index in [-0.39, 0.29) is 17.9 Å². The number of hydrogen-bond acceptors (Lipinski definition) is 5. The maximum Gasteiger partial charge on any atom is 0.282 e. The summed E-state index contributed by atoms with van der Waals surface area (Å²) in [6.07, 6.45) is 2.16. The summed E-state index contributed by atoms with van der Waals surface area (Å²) in [6.45, 7) is 5.55. The first-order valence-electron chi connectivity index (χ1n) is 9.25. The normalized spacial score (nSPS) is 17.6. The molecule has 1 aromatic heterocycles. The number of amides is 2. The van der Waals surface area contributed by atoms with Crippen LogP contribution in [0.3, 0.4) is 0 Å². The lowest BCUT2D eigenvalue weighted by Gasteiger charge is -2.20. The average Bonchev–Trinajstić information content (AvgIpc) is 3.37. The van der Waals surface area contributed by atoms with Gasteiger partial charge in [0.05, 0.1) is 17.4 Å². The third kappa shape index (κ3) is 3.25. The predicted octanol–water partition coefficient (Wildman–Crippen LogP) is 3.92. The molecule has 0 radical (unpaired) electrons. The Hall–Kier alpha value is -2.60. The van der Waals surface area contributed by atoms with Crippen LogP contribution >= 0.6 is 11.3 Å². The van der Waals surface area contributed by atoms with Gasteiger partial charge in [-0.3, -0.25) is 9.59 Å². The average molecular weight is 382 g/mol. The molecule has 1 aromatic carbocycles. The second kappa shape index (κ2) is 7.19. The van der Waals surface area contributed by atoms with Gasteiger partial charge in [0.25, 0.3) is 11.8 Å². The molecule has 0 spiro atoms. The Morgan fingerprint density at radius 3 is 2.30 bits per heavy atom.